The van der Waals surface area contributed by atoms with Crippen LogP contribution in [0.15, 0.2) is 6.07 Å². The standard InChI is InChI=1S/C12H18N2O3S/c1-3-8-7-14(4-5-17-8)10-6-9(13)11(18-10)12(15)16-2/h6,8H,3-5,7,13H2,1-2H3. The predicted molar refractivity (Wildman–Crippen MR) is 72.3 cm³/mol. The molecule has 6 heteroatoms. The zero-order chi connectivity index (χ0) is 13.1. The highest BCUT2D eigenvalue weighted by Gasteiger charge is 2.23. The fourth-order valence-electron chi connectivity index (χ4n) is 1.97. The molecule has 2 rings (SSSR count). The van der Waals surface area contributed by atoms with Crippen LogP contribution in [0.25, 0.3) is 0 Å². The highest BCUT2D eigenvalue weighted by Crippen LogP contribution is 2.33. The Balaban J connectivity index is 2.16. The van der Waals surface area contributed by atoms with Crippen LogP contribution in [-0.4, -0.2) is 38.9 Å². The molecule has 18 heavy (non-hydrogen) atoms. The molecule has 1 unspecified atom stereocenters. The molecule has 0 spiro atoms. The Kier molecular flexibility index (Phi) is 4.08. The number of rotatable bonds is 3. The Morgan fingerprint density at radius 3 is 3.17 bits per heavy atom. The van der Waals surface area contributed by atoms with Crippen LogP contribution in [-0.2, 0) is 9.47 Å². The molecule has 1 aliphatic rings. The first-order valence-corrected chi connectivity index (χ1v) is 6.81. The van der Waals surface area contributed by atoms with Gasteiger partial charge >= 0.3 is 5.97 Å². The van der Waals surface area contributed by atoms with Crippen molar-refractivity contribution in [3.8, 4) is 0 Å². The number of hydrogen-bond acceptors (Lipinski definition) is 6. The lowest BCUT2D eigenvalue weighted by molar-refractivity contribution is 0.0386. The van der Waals surface area contributed by atoms with Crippen LogP contribution in [0.1, 0.15) is 23.0 Å². The number of hydrogen-bond donors (Lipinski definition) is 1. The third-order valence-electron chi connectivity index (χ3n) is 3.02. The van der Waals surface area contributed by atoms with Gasteiger partial charge in [-0.1, -0.05) is 6.92 Å². The molecule has 1 atom stereocenters. The average molecular weight is 270 g/mol. The summed E-state index contributed by atoms with van der Waals surface area (Å²) in [5, 5.41) is 1.01. The zero-order valence-electron chi connectivity index (χ0n) is 10.6. The van der Waals surface area contributed by atoms with Gasteiger partial charge in [-0.3, -0.25) is 0 Å². The number of thiophene rings is 1. The Bertz CT molecular complexity index is 433. The molecule has 1 aromatic rings. The van der Waals surface area contributed by atoms with Crippen molar-refractivity contribution in [3.05, 3.63) is 10.9 Å². The van der Waals surface area contributed by atoms with Crippen molar-refractivity contribution >= 4 is 28.0 Å². The summed E-state index contributed by atoms with van der Waals surface area (Å²) in [6.07, 6.45) is 1.24. The van der Waals surface area contributed by atoms with Crippen LogP contribution >= 0.6 is 11.3 Å². The van der Waals surface area contributed by atoms with Crippen molar-refractivity contribution in [1.82, 2.24) is 0 Å². The number of anilines is 2. The Morgan fingerprint density at radius 2 is 2.50 bits per heavy atom. The lowest BCUT2D eigenvalue weighted by Gasteiger charge is -2.33. The van der Waals surface area contributed by atoms with Gasteiger partial charge in [0.15, 0.2) is 0 Å². The van der Waals surface area contributed by atoms with Crippen LogP contribution in [0, 0.1) is 0 Å². The maximum absolute atomic E-state index is 11.5. The van der Waals surface area contributed by atoms with Crippen molar-refractivity contribution in [3.63, 3.8) is 0 Å². The third-order valence-corrected chi connectivity index (χ3v) is 4.22. The summed E-state index contributed by atoms with van der Waals surface area (Å²) in [5.41, 5.74) is 6.33. The fraction of sp³-hybridized carbons (Fsp3) is 0.583. The normalized spacial score (nSPS) is 19.9. The minimum absolute atomic E-state index is 0.253. The summed E-state index contributed by atoms with van der Waals surface area (Å²) in [5.74, 6) is -0.371. The molecule has 0 saturated carbocycles. The SMILES string of the molecule is CCC1CN(c2cc(N)c(C(=O)OC)s2)CCO1. The summed E-state index contributed by atoms with van der Waals surface area (Å²) >= 11 is 1.38. The Morgan fingerprint density at radius 1 is 1.72 bits per heavy atom. The summed E-state index contributed by atoms with van der Waals surface area (Å²) in [4.78, 5) is 14.2. The number of carbonyl (C=O) groups is 1. The van der Waals surface area contributed by atoms with Gasteiger partial charge in [0.2, 0.25) is 0 Å². The maximum Gasteiger partial charge on any atom is 0.350 e. The molecule has 1 saturated heterocycles. The van der Waals surface area contributed by atoms with E-state index in [0.717, 1.165) is 24.5 Å². The zero-order valence-corrected chi connectivity index (χ0v) is 11.5. The number of morpholine rings is 1. The van der Waals surface area contributed by atoms with Gasteiger partial charge in [-0.25, -0.2) is 4.79 Å². The van der Waals surface area contributed by atoms with Crippen LogP contribution in [0.5, 0.6) is 0 Å². The number of carbonyl (C=O) groups excluding carboxylic acids is 1. The van der Waals surface area contributed by atoms with Crippen LogP contribution in [0.4, 0.5) is 10.7 Å². The number of nitrogens with two attached hydrogens (primary N) is 1. The first-order chi connectivity index (χ1) is 8.65. The van der Waals surface area contributed by atoms with Crippen LogP contribution in [0.3, 0.4) is 0 Å². The predicted octanol–water partition coefficient (Wildman–Crippen LogP) is 1.73. The molecule has 0 amide bonds. The van der Waals surface area contributed by atoms with E-state index < -0.39 is 0 Å². The van der Waals surface area contributed by atoms with Gasteiger partial charge in [-0.05, 0) is 12.5 Å². The molecule has 0 radical (unpaired) electrons. The largest absolute Gasteiger partial charge is 0.465 e. The van der Waals surface area contributed by atoms with E-state index in [4.69, 9.17) is 15.2 Å². The highest BCUT2D eigenvalue weighted by molar-refractivity contribution is 7.18. The lowest BCUT2D eigenvalue weighted by atomic mass is 10.2. The van der Waals surface area contributed by atoms with Crippen molar-refractivity contribution in [2.45, 2.75) is 19.4 Å². The molecule has 0 aromatic carbocycles. The maximum atomic E-state index is 11.5. The van der Waals surface area contributed by atoms with Crippen molar-refractivity contribution in [2.24, 2.45) is 0 Å². The molecular weight excluding hydrogens is 252 g/mol. The second-order valence-corrected chi connectivity index (χ2v) is 5.24. The van der Waals surface area contributed by atoms with Gasteiger partial charge in [0.25, 0.3) is 0 Å². The van der Waals surface area contributed by atoms with Crippen LogP contribution < -0.4 is 10.6 Å². The molecule has 1 aromatic heterocycles. The second kappa shape index (κ2) is 5.58. The van der Waals surface area contributed by atoms with Gasteiger partial charge in [0.1, 0.15) is 4.88 Å². The van der Waals surface area contributed by atoms with Crippen molar-refractivity contribution in [1.29, 1.82) is 0 Å². The summed E-state index contributed by atoms with van der Waals surface area (Å²) in [6.45, 7) is 4.49. The van der Waals surface area contributed by atoms with Crippen LogP contribution in [0.2, 0.25) is 0 Å². The first kappa shape index (κ1) is 13.2. The van der Waals surface area contributed by atoms with E-state index in [2.05, 4.69) is 11.8 Å². The molecule has 100 valence electrons. The topological polar surface area (TPSA) is 64.8 Å². The summed E-state index contributed by atoms with van der Waals surface area (Å²) in [7, 11) is 1.36. The molecule has 2 N–H and O–H groups in total. The minimum Gasteiger partial charge on any atom is -0.465 e. The Hall–Kier alpha value is -1.27. The van der Waals surface area contributed by atoms with Crippen molar-refractivity contribution in [2.75, 3.05) is 37.4 Å². The average Bonchev–Trinajstić information content (AvgIpc) is 2.80. The third kappa shape index (κ3) is 2.59. The van der Waals surface area contributed by atoms with Gasteiger partial charge in [0.05, 0.1) is 30.5 Å². The second-order valence-electron chi connectivity index (χ2n) is 4.21. The van der Waals surface area contributed by atoms with E-state index in [9.17, 15) is 4.79 Å². The van der Waals surface area contributed by atoms with Gasteiger partial charge in [0, 0.05) is 13.1 Å². The van der Waals surface area contributed by atoms with E-state index >= 15 is 0 Å². The first-order valence-electron chi connectivity index (χ1n) is 5.99. The monoisotopic (exact) mass is 270 g/mol. The molecule has 2 heterocycles. The number of nitrogen functional groups attached to an aromatic ring is 1. The van der Waals surface area contributed by atoms with E-state index in [1.54, 1.807) is 0 Å². The number of methoxy groups -OCH3 is 1. The van der Waals surface area contributed by atoms with E-state index in [-0.39, 0.29) is 12.1 Å². The lowest BCUT2D eigenvalue weighted by Crippen LogP contribution is -2.41. The van der Waals surface area contributed by atoms with E-state index in [1.807, 2.05) is 6.07 Å². The van der Waals surface area contributed by atoms with Gasteiger partial charge < -0.3 is 20.1 Å². The summed E-state index contributed by atoms with van der Waals surface area (Å²) in [6, 6.07) is 1.84. The molecule has 0 bridgehead atoms. The van der Waals surface area contributed by atoms with Crippen molar-refractivity contribution < 1.29 is 14.3 Å². The van der Waals surface area contributed by atoms with Gasteiger partial charge in [-0.15, -0.1) is 11.3 Å². The fourth-order valence-corrected chi connectivity index (χ4v) is 3.00. The molecular formula is C12H18N2O3S. The highest BCUT2D eigenvalue weighted by atomic mass is 32.1. The Labute approximate surface area is 110 Å². The molecule has 1 aliphatic heterocycles. The number of esters is 1. The van der Waals surface area contributed by atoms with E-state index in [1.165, 1.54) is 18.4 Å². The quantitative estimate of drug-likeness (QED) is 0.847. The smallest absolute Gasteiger partial charge is 0.350 e. The molecule has 0 aliphatic carbocycles. The van der Waals surface area contributed by atoms with E-state index in [0.29, 0.717) is 17.2 Å². The number of ether oxygens (including phenoxy) is 2. The van der Waals surface area contributed by atoms with Gasteiger partial charge in [-0.2, -0.15) is 0 Å². The molecule has 1 fully saturated rings. The summed E-state index contributed by atoms with van der Waals surface area (Å²) < 4.78 is 10.3. The number of nitrogens with zero attached hydrogens (tertiary/aromatic N) is 1. The molecule has 5 nitrogen and oxygen atoms in total. The minimum atomic E-state index is -0.371.